The van der Waals surface area contributed by atoms with Gasteiger partial charge >= 0.3 is 0 Å². The molecule has 0 unspecified atom stereocenters. The summed E-state index contributed by atoms with van der Waals surface area (Å²) in [5.74, 6) is -0.0583. The number of hydrogen-bond acceptors (Lipinski definition) is 5. The van der Waals surface area contributed by atoms with Crippen LogP contribution in [0.1, 0.15) is 20.3 Å². The largest absolute Gasteiger partial charge is 0.354 e. The lowest BCUT2D eigenvalue weighted by Crippen LogP contribution is -2.39. The molecule has 0 aliphatic rings. The predicted octanol–water partition coefficient (Wildman–Crippen LogP) is 0.962. The van der Waals surface area contributed by atoms with Gasteiger partial charge in [-0.2, -0.15) is 0 Å². The third-order valence-electron chi connectivity index (χ3n) is 3.19. The maximum atomic E-state index is 12.1. The molecular formula is C14H20N4O2S. The van der Waals surface area contributed by atoms with Crippen molar-refractivity contribution in [3.05, 3.63) is 28.1 Å². The first-order valence-electron chi connectivity index (χ1n) is 7.04. The van der Waals surface area contributed by atoms with Gasteiger partial charge in [0.15, 0.2) is 0 Å². The van der Waals surface area contributed by atoms with E-state index < -0.39 is 0 Å². The Morgan fingerprint density at radius 2 is 2.33 bits per heavy atom. The van der Waals surface area contributed by atoms with Crippen molar-refractivity contribution < 1.29 is 4.79 Å². The number of likely N-dealkylation sites (N-methyl/N-ethyl adjacent to an activating group) is 1. The lowest BCUT2D eigenvalue weighted by atomic mass is 10.3. The second kappa shape index (κ2) is 7.33. The van der Waals surface area contributed by atoms with E-state index in [2.05, 4.69) is 15.6 Å². The van der Waals surface area contributed by atoms with E-state index in [9.17, 15) is 9.59 Å². The van der Waals surface area contributed by atoms with Gasteiger partial charge in [0.25, 0.3) is 5.56 Å². The number of aromatic nitrogens is 2. The Kier molecular flexibility index (Phi) is 5.46. The standard InChI is InChI=1S/C14H20N4O2S/c1-3-15-10(2)8-16-12(19)4-6-18-9-17-13-11(14(18)20)5-7-21-13/h5,7,9-10,15H,3-4,6,8H2,1-2H3,(H,16,19)/t10-/m1/s1. The first kappa shape index (κ1) is 15.7. The molecule has 2 N–H and O–H groups in total. The van der Waals surface area contributed by atoms with Gasteiger partial charge < -0.3 is 10.6 Å². The Bertz CT molecular complexity index is 664. The highest BCUT2D eigenvalue weighted by atomic mass is 32.1. The predicted molar refractivity (Wildman–Crippen MR) is 84.6 cm³/mol. The van der Waals surface area contributed by atoms with Crippen LogP contribution in [0.4, 0.5) is 0 Å². The number of fused-ring (bicyclic) bond motifs is 1. The molecule has 0 fully saturated rings. The van der Waals surface area contributed by atoms with Crippen molar-refractivity contribution in [3.63, 3.8) is 0 Å². The summed E-state index contributed by atoms with van der Waals surface area (Å²) in [6.07, 6.45) is 1.78. The Labute approximate surface area is 127 Å². The number of hydrogen-bond donors (Lipinski definition) is 2. The highest BCUT2D eigenvalue weighted by Gasteiger charge is 2.08. The van der Waals surface area contributed by atoms with E-state index in [1.165, 1.54) is 22.2 Å². The van der Waals surface area contributed by atoms with Crippen molar-refractivity contribution in [3.8, 4) is 0 Å². The highest BCUT2D eigenvalue weighted by Crippen LogP contribution is 2.13. The van der Waals surface area contributed by atoms with E-state index in [-0.39, 0.29) is 23.9 Å². The maximum absolute atomic E-state index is 12.1. The minimum atomic E-state index is -0.0879. The van der Waals surface area contributed by atoms with Gasteiger partial charge in [-0.25, -0.2) is 4.98 Å². The Morgan fingerprint density at radius 3 is 3.10 bits per heavy atom. The molecule has 21 heavy (non-hydrogen) atoms. The summed E-state index contributed by atoms with van der Waals surface area (Å²) in [5.41, 5.74) is -0.0879. The molecule has 0 spiro atoms. The molecule has 0 saturated carbocycles. The highest BCUT2D eigenvalue weighted by molar-refractivity contribution is 7.16. The smallest absolute Gasteiger partial charge is 0.262 e. The van der Waals surface area contributed by atoms with Crippen LogP contribution in [0.2, 0.25) is 0 Å². The number of carbonyl (C=O) groups is 1. The summed E-state index contributed by atoms with van der Waals surface area (Å²) in [6, 6.07) is 2.01. The Hall–Kier alpha value is -1.73. The number of amides is 1. The molecule has 0 bridgehead atoms. The molecule has 0 saturated heterocycles. The molecule has 0 radical (unpaired) electrons. The van der Waals surface area contributed by atoms with Crippen LogP contribution in [-0.4, -0.2) is 34.6 Å². The quantitative estimate of drug-likeness (QED) is 0.799. The summed E-state index contributed by atoms with van der Waals surface area (Å²) in [5, 5.41) is 8.54. The Balaban J connectivity index is 1.88. The first-order chi connectivity index (χ1) is 10.1. The van der Waals surface area contributed by atoms with E-state index in [0.29, 0.717) is 18.5 Å². The van der Waals surface area contributed by atoms with Crippen molar-refractivity contribution in [2.24, 2.45) is 0 Å². The van der Waals surface area contributed by atoms with Crippen molar-refractivity contribution in [1.82, 2.24) is 20.2 Å². The number of nitrogens with one attached hydrogen (secondary N) is 2. The fraction of sp³-hybridized carbons (Fsp3) is 0.500. The van der Waals surface area contributed by atoms with Gasteiger partial charge in [0.05, 0.1) is 11.7 Å². The average Bonchev–Trinajstić information content (AvgIpc) is 2.94. The average molecular weight is 308 g/mol. The molecule has 1 amide bonds. The molecule has 6 nitrogen and oxygen atoms in total. The van der Waals surface area contributed by atoms with Crippen molar-refractivity contribution in [2.45, 2.75) is 32.9 Å². The molecule has 0 aliphatic heterocycles. The third-order valence-corrected chi connectivity index (χ3v) is 4.01. The van der Waals surface area contributed by atoms with Crippen LogP contribution in [0.25, 0.3) is 10.2 Å². The lowest BCUT2D eigenvalue weighted by molar-refractivity contribution is -0.121. The zero-order valence-electron chi connectivity index (χ0n) is 12.3. The number of nitrogens with zero attached hydrogens (tertiary/aromatic N) is 2. The van der Waals surface area contributed by atoms with E-state index in [0.717, 1.165) is 11.4 Å². The molecule has 2 rings (SSSR count). The van der Waals surface area contributed by atoms with Gasteiger partial charge in [-0.3, -0.25) is 14.2 Å². The van der Waals surface area contributed by atoms with Gasteiger partial charge in [0, 0.05) is 25.6 Å². The minimum Gasteiger partial charge on any atom is -0.354 e. The van der Waals surface area contributed by atoms with Crippen LogP contribution < -0.4 is 16.2 Å². The number of thiophene rings is 1. The van der Waals surface area contributed by atoms with E-state index in [1.54, 1.807) is 6.07 Å². The van der Waals surface area contributed by atoms with Crippen molar-refractivity contribution in [2.75, 3.05) is 13.1 Å². The van der Waals surface area contributed by atoms with Gasteiger partial charge in [-0.05, 0) is 24.9 Å². The van der Waals surface area contributed by atoms with Gasteiger partial charge in [0.1, 0.15) is 4.83 Å². The molecule has 7 heteroatoms. The topological polar surface area (TPSA) is 76.0 Å². The molecule has 0 aromatic carbocycles. The number of rotatable bonds is 7. The van der Waals surface area contributed by atoms with Crippen molar-refractivity contribution >= 4 is 27.5 Å². The van der Waals surface area contributed by atoms with E-state index in [4.69, 9.17) is 0 Å². The van der Waals surface area contributed by atoms with Crippen LogP contribution in [0.5, 0.6) is 0 Å². The summed E-state index contributed by atoms with van der Waals surface area (Å²) in [4.78, 5) is 28.9. The van der Waals surface area contributed by atoms with Gasteiger partial charge in [-0.1, -0.05) is 6.92 Å². The maximum Gasteiger partial charge on any atom is 0.262 e. The zero-order valence-corrected chi connectivity index (χ0v) is 13.1. The fourth-order valence-corrected chi connectivity index (χ4v) is 2.77. The molecular weight excluding hydrogens is 288 g/mol. The van der Waals surface area contributed by atoms with Crippen LogP contribution in [0.3, 0.4) is 0 Å². The molecule has 0 aliphatic carbocycles. The van der Waals surface area contributed by atoms with Gasteiger partial charge in [0.2, 0.25) is 5.91 Å². The molecule has 2 aromatic rings. The molecule has 2 aromatic heterocycles. The fourth-order valence-electron chi connectivity index (χ4n) is 2.05. The summed E-state index contributed by atoms with van der Waals surface area (Å²) in [7, 11) is 0. The van der Waals surface area contributed by atoms with E-state index >= 15 is 0 Å². The van der Waals surface area contributed by atoms with E-state index in [1.807, 2.05) is 19.2 Å². The third kappa shape index (κ3) is 4.12. The zero-order chi connectivity index (χ0) is 15.2. The Morgan fingerprint density at radius 1 is 1.52 bits per heavy atom. The molecule has 114 valence electrons. The number of aryl methyl sites for hydroxylation is 1. The molecule has 1 atom stereocenters. The second-order valence-corrected chi connectivity index (χ2v) is 5.79. The SMILES string of the molecule is CCN[C@H](C)CNC(=O)CCn1cnc2sccc2c1=O. The summed E-state index contributed by atoms with van der Waals surface area (Å²) < 4.78 is 1.49. The van der Waals surface area contributed by atoms with Crippen LogP contribution >= 0.6 is 11.3 Å². The number of carbonyl (C=O) groups excluding carboxylic acids is 1. The normalized spacial score (nSPS) is 12.5. The first-order valence-corrected chi connectivity index (χ1v) is 7.92. The second-order valence-electron chi connectivity index (χ2n) is 4.90. The monoisotopic (exact) mass is 308 g/mol. The van der Waals surface area contributed by atoms with Crippen LogP contribution in [0, 0.1) is 0 Å². The minimum absolute atomic E-state index is 0.0583. The summed E-state index contributed by atoms with van der Waals surface area (Å²) in [6.45, 7) is 5.85. The van der Waals surface area contributed by atoms with Crippen LogP contribution in [0.15, 0.2) is 22.6 Å². The lowest BCUT2D eigenvalue weighted by Gasteiger charge is -2.13. The van der Waals surface area contributed by atoms with Crippen molar-refractivity contribution in [1.29, 1.82) is 0 Å². The molecule has 2 heterocycles. The van der Waals surface area contributed by atoms with Crippen LogP contribution in [-0.2, 0) is 11.3 Å². The summed E-state index contributed by atoms with van der Waals surface area (Å²) >= 11 is 1.44. The van der Waals surface area contributed by atoms with Gasteiger partial charge in [-0.15, -0.1) is 11.3 Å².